The van der Waals surface area contributed by atoms with Gasteiger partial charge in [0.15, 0.2) is 0 Å². The van der Waals surface area contributed by atoms with Gasteiger partial charge in [-0.3, -0.25) is 9.69 Å². The van der Waals surface area contributed by atoms with Gasteiger partial charge < -0.3 is 9.64 Å². The van der Waals surface area contributed by atoms with Crippen molar-refractivity contribution < 1.29 is 9.53 Å². The van der Waals surface area contributed by atoms with E-state index in [1.54, 1.807) is 6.92 Å². The normalized spacial score (nSPS) is 21.0. The summed E-state index contributed by atoms with van der Waals surface area (Å²) in [6.07, 6.45) is 9.07. The smallest absolute Gasteiger partial charge is 0.316 e. The van der Waals surface area contributed by atoms with Crippen molar-refractivity contribution in [2.45, 2.75) is 58.1 Å². The zero-order valence-electron chi connectivity index (χ0n) is 14.8. The van der Waals surface area contributed by atoms with Gasteiger partial charge in [-0.2, -0.15) is 0 Å². The fourth-order valence-electron chi connectivity index (χ4n) is 3.64. The lowest BCUT2D eigenvalue weighted by Crippen LogP contribution is -2.49. The zero-order chi connectivity index (χ0) is 16.9. The van der Waals surface area contributed by atoms with E-state index < -0.39 is 0 Å². The number of carbonyl (C=O) groups excluding carboxylic acids is 1. The van der Waals surface area contributed by atoms with Crippen molar-refractivity contribution in [3.8, 4) is 6.01 Å². The van der Waals surface area contributed by atoms with Gasteiger partial charge in [-0.1, -0.05) is 6.92 Å². The SMILES string of the molecule is CCc1cnc(OC2CCN(C3CCN(C(C)=O)CC3)CC2)nc1. The third kappa shape index (κ3) is 4.23. The van der Waals surface area contributed by atoms with Crippen LogP contribution in [0.2, 0.25) is 0 Å². The van der Waals surface area contributed by atoms with Crippen LogP contribution in [-0.4, -0.2) is 64.0 Å². The predicted molar refractivity (Wildman–Crippen MR) is 91.9 cm³/mol. The number of piperidine rings is 2. The summed E-state index contributed by atoms with van der Waals surface area (Å²) in [7, 11) is 0. The highest BCUT2D eigenvalue weighted by atomic mass is 16.5. The van der Waals surface area contributed by atoms with Crippen molar-refractivity contribution >= 4 is 5.91 Å². The standard InChI is InChI=1S/C18H28N4O2/c1-3-15-12-19-18(20-13-15)24-17-6-10-22(11-7-17)16-4-8-21(9-5-16)14(2)23/h12-13,16-17H,3-11H2,1-2H3. The molecule has 3 heterocycles. The van der Waals surface area contributed by atoms with Gasteiger partial charge in [0.25, 0.3) is 0 Å². The summed E-state index contributed by atoms with van der Waals surface area (Å²) >= 11 is 0. The van der Waals surface area contributed by atoms with Crippen molar-refractivity contribution in [3.05, 3.63) is 18.0 Å². The Morgan fingerprint density at radius 3 is 2.29 bits per heavy atom. The number of likely N-dealkylation sites (tertiary alicyclic amines) is 2. The molecule has 1 aromatic rings. The molecular weight excluding hydrogens is 304 g/mol. The van der Waals surface area contributed by atoms with Gasteiger partial charge in [0.2, 0.25) is 5.91 Å². The number of nitrogens with zero attached hydrogens (tertiary/aromatic N) is 4. The maximum absolute atomic E-state index is 11.4. The predicted octanol–water partition coefficient (Wildman–Crippen LogP) is 1.89. The van der Waals surface area contributed by atoms with Crippen LogP contribution in [0, 0.1) is 0 Å². The van der Waals surface area contributed by atoms with Crippen LogP contribution in [-0.2, 0) is 11.2 Å². The van der Waals surface area contributed by atoms with Crippen molar-refractivity contribution in [2.24, 2.45) is 0 Å². The molecule has 0 bridgehead atoms. The van der Waals surface area contributed by atoms with E-state index in [2.05, 4.69) is 21.8 Å². The Balaban J connectivity index is 1.43. The van der Waals surface area contributed by atoms with Crippen molar-refractivity contribution in [1.82, 2.24) is 19.8 Å². The van der Waals surface area contributed by atoms with E-state index in [-0.39, 0.29) is 12.0 Å². The molecule has 2 saturated heterocycles. The number of hydrogen-bond acceptors (Lipinski definition) is 5. The van der Waals surface area contributed by atoms with Crippen molar-refractivity contribution in [3.63, 3.8) is 0 Å². The summed E-state index contributed by atoms with van der Waals surface area (Å²) in [6.45, 7) is 7.67. The van der Waals surface area contributed by atoms with E-state index in [1.165, 1.54) is 0 Å². The summed E-state index contributed by atoms with van der Waals surface area (Å²) in [5.74, 6) is 0.203. The van der Waals surface area contributed by atoms with Crippen LogP contribution in [0.5, 0.6) is 6.01 Å². The van der Waals surface area contributed by atoms with E-state index in [9.17, 15) is 4.79 Å². The molecule has 6 heteroatoms. The molecule has 0 aliphatic carbocycles. The second-order valence-corrected chi connectivity index (χ2v) is 6.82. The Morgan fingerprint density at radius 1 is 1.12 bits per heavy atom. The Morgan fingerprint density at radius 2 is 1.75 bits per heavy atom. The molecule has 3 rings (SSSR count). The molecule has 132 valence electrons. The number of aryl methyl sites for hydroxylation is 1. The first kappa shape index (κ1) is 17.1. The van der Waals surface area contributed by atoms with Gasteiger partial charge in [-0.15, -0.1) is 0 Å². The van der Waals surface area contributed by atoms with Crippen LogP contribution in [0.25, 0.3) is 0 Å². The van der Waals surface area contributed by atoms with E-state index in [4.69, 9.17) is 4.74 Å². The Hall–Kier alpha value is -1.69. The largest absolute Gasteiger partial charge is 0.460 e. The molecule has 0 aromatic carbocycles. The van der Waals surface area contributed by atoms with E-state index in [0.29, 0.717) is 12.1 Å². The minimum atomic E-state index is 0.203. The molecule has 2 aliphatic rings. The minimum Gasteiger partial charge on any atom is -0.460 e. The molecule has 24 heavy (non-hydrogen) atoms. The zero-order valence-corrected chi connectivity index (χ0v) is 14.8. The molecule has 6 nitrogen and oxygen atoms in total. The summed E-state index contributed by atoms with van der Waals surface area (Å²) < 4.78 is 5.94. The van der Waals surface area contributed by atoms with Crippen LogP contribution >= 0.6 is 0 Å². The molecule has 2 aliphatic heterocycles. The van der Waals surface area contributed by atoms with E-state index >= 15 is 0 Å². The first-order chi connectivity index (χ1) is 11.7. The average Bonchev–Trinajstić information content (AvgIpc) is 2.63. The van der Waals surface area contributed by atoms with Crippen LogP contribution in [0.3, 0.4) is 0 Å². The van der Waals surface area contributed by atoms with Gasteiger partial charge >= 0.3 is 6.01 Å². The molecule has 0 saturated carbocycles. The topological polar surface area (TPSA) is 58.6 Å². The average molecular weight is 332 g/mol. The summed E-state index contributed by atoms with van der Waals surface area (Å²) in [5, 5.41) is 0. The fraction of sp³-hybridized carbons (Fsp3) is 0.722. The van der Waals surface area contributed by atoms with Gasteiger partial charge in [0.05, 0.1) is 0 Å². The maximum Gasteiger partial charge on any atom is 0.316 e. The first-order valence-electron chi connectivity index (χ1n) is 9.13. The second-order valence-electron chi connectivity index (χ2n) is 6.82. The summed E-state index contributed by atoms with van der Waals surface area (Å²) in [5.41, 5.74) is 1.13. The number of carbonyl (C=O) groups is 1. The number of hydrogen-bond donors (Lipinski definition) is 0. The lowest BCUT2D eigenvalue weighted by molar-refractivity contribution is -0.130. The van der Waals surface area contributed by atoms with Crippen molar-refractivity contribution in [1.29, 1.82) is 0 Å². The highest BCUT2D eigenvalue weighted by Crippen LogP contribution is 2.23. The van der Waals surface area contributed by atoms with Gasteiger partial charge in [-0.25, -0.2) is 9.97 Å². The Bertz CT molecular complexity index is 532. The number of aromatic nitrogens is 2. The van der Waals surface area contributed by atoms with Gasteiger partial charge in [0, 0.05) is 51.5 Å². The number of ether oxygens (including phenoxy) is 1. The highest BCUT2D eigenvalue weighted by molar-refractivity contribution is 5.73. The minimum absolute atomic E-state index is 0.203. The van der Waals surface area contributed by atoms with Crippen LogP contribution in [0.15, 0.2) is 12.4 Å². The Labute approximate surface area is 144 Å². The molecule has 0 radical (unpaired) electrons. The lowest BCUT2D eigenvalue weighted by Gasteiger charge is -2.41. The van der Waals surface area contributed by atoms with Crippen LogP contribution < -0.4 is 4.74 Å². The third-order valence-electron chi connectivity index (χ3n) is 5.26. The van der Waals surface area contributed by atoms with Gasteiger partial charge in [0.1, 0.15) is 6.10 Å². The van der Waals surface area contributed by atoms with Crippen LogP contribution in [0.1, 0.15) is 45.1 Å². The Kier molecular flexibility index (Phi) is 5.66. The molecule has 2 fully saturated rings. The third-order valence-corrected chi connectivity index (χ3v) is 5.26. The summed E-state index contributed by atoms with van der Waals surface area (Å²) in [4.78, 5) is 24.5. The quantitative estimate of drug-likeness (QED) is 0.843. The highest BCUT2D eigenvalue weighted by Gasteiger charge is 2.29. The molecule has 0 atom stereocenters. The van der Waals surface area contributed by atoms with Crippen LogP contribution in [0.4, 0.5) is 0 Å². The number of rotatable bonds is 4. The molecular formula is C18H28N4O2. The van der Waals surface area contributed by atoms with Crippen molar-refractivity contribution in [2.75, 3.05) is 26.2 Å². The molecule has 1 aromatic heterocycles. The lowest BCUT2D eigenvalue weighted by atomic mass is 9.99. The molecule has 0 unspecified atom stereocenters. The van der Waals surface area contributed by atoms with E-state index in [1.807, 2.05) is 17.3 Å². The summed E-state index contributed by atoms with van der Waals surface area (Å²) in [6, 6.07) is 1.11. The molecule has 1 amide bonds. The maximum atomic E-state index is 11.4. The monoisotopic (exact) mass is 332 g/mol. The second kappa shape index (κ2) is 7.92. The van der Waals surface area contributed by atoms with E-state index in [0.717, 1.165) is 63.8 Å². The number of amides is 1. The molecule has 0 N–H and O–H groups in total. The molecule has 0 spiro atoms. The fourth-order valence-corrected chi connectivity index (χ4v) is 3.64. The van der Waals surface area contributed by atoms with Gasteiger partial charge in [-0.05, 0) is 37.7 Å². The first-order valence-corrected chi connectivity index (χ1v) is 9.13.